The summed E-state index contributed by atoms with van der Waals surface area (Å²) >= 11 is 7.25. The topological polar surface area (TPSA) is 70.5 Å². The first-order valence-electron chi connectivity index (χ1n) is 8.06. The number of carboxylic acids is 1. The number of aromatic nitrogens is 1. The van der Waals surface area contributed by atoms with Crippen molar-refractivity contribution in [1.82, 2.24) is 9.88 Å². The quantitative estimate of drug-likeness (QED) is 0.872. The van der Waals surface area contributed by atoms with Crippen LogP contribution in [0.1, 0.15) is 35.1 Å². The molecule has 1 saturated heterocycles. The van der Waals surface area contributed by atoms with Crippen LogP contribution in [0.2, 0.25) is 5.02 Å². The van der Waals surface area contributed by atoms with Crippen molar-refractivity contribution in [1.29, 1.82) is 0 Å². The fourth-order valence-electron chi connectivity index (χ4n) is 3.04. The molecule has 1 atom stereocenters. The smallest absolute Gasteiger partial charge is 0.311 e. The Bertz CT molecular complexity index is 818. The second-order valence-electron chi connectivity index (χ2n) is 6.64. The summed E-state index contributed by atoms with van der Waals surface area (Å²) in [4.78, 5) is 31.1. The number of hydrogen-bond donors (Lipinski definition) is 1. The fourth-order valence-corrected chi connectivity index (χ4v) is 4.21. The number of nitrogens with zero attached hydrogens (tertiary/aromatic N) is 2. The highest BCUT2D eigenvalue weighted by molar-refractivity contribution is 7.17. The molecule has 3 rings (SSSR count). The maximum Gasteiger partial charge on any atom is 0.311 e. The van der Waals surface area contributed by atoms with Crippen molar-refractivity contribution < 1.29 is 14.7 Å². The Morgan fingerprint density at radius 2 is 2.00 bits per heavy atom. The van der Waals surface area contributed by atoms with Crippen LogP contribution in [-0.2, 0) is 4.79 Å². The molecule has 1 unspecified atom stereocenters. The Labute approximate surface area is 155 Å². The molecule has 7 heteroatoms. The second-order valence-corrected chi connectivity index (χ2v) is 8.07. The normalized spacial score (nSPS) is 20.5. The number of thiazole rings is 1. The lowest BCUT2D eigenvalue weighted by Crippen LogP contribution is -2.48. The Morgan fingerprint density at radius 1 is 1.32 bits per heavy atom. The zero-order valence-corrected chi connectivity index (χ0v) is 15.7. The molecule has 1 fully saturated rings. The van der Waals surface area contributed by atoms with E-state index in [1.807, 2.05) is 19.1 Å². The first kappa shape index (κ1) is 17.9. The first-order valence-corrected chi connectivity index (χ1v) is 9.26. The summed E-state index contributed by atoms with van der Waals surface area (Å²) in [6.07, 6.45) is 1.28. The molecule has 0 aliphatic carbocycles. The van der Waals surface area contributed by atoms with Crippen LogP contribution in [0.15, 0.2) is 24.3 Å². The van der Waals surface area contributed by atoms with E-state index >= 15 is 0 Å². The first-order chi connectivity index (χ1) is 11.8. The van der Waals surface area contributed by atoms with Gasteiger partial charge in [-0.15, -0.1) is 11.3 Å². The van der Waals surface area contributed by atoms with Crippen LogP contribution in [-0.4, -0.2) is 40.0 Å². The minimum absolute atomic E-state index is 0.137. The lowest BCUT2D eigenvalue weighted by atomic mass is 9.82. The third-order valence-corrected chi connectivity index (χ3v) is 6.03. The molecule has 0 spiro atoms. The molecular weight excluding hydrogens is 360 g/mol. The number of piperidine rings is 1. The van der Waals surface area contributed by atoms with Gasteiger partial charge in [-0.1, -0.05) is 23.7 Å². The number of rotatable bonds is 3. The molecule has 2 heterocycles. The van der Waals surface area contributed by atoms with E-state index in [0.29, 0.717) is 35.0 Å². The van der Waals surface area contributed by atoms with Crippen molar-refractivity contribution in [2.45, 2.75) is 26.7 Å². The van der Waals surface area contributed by atoms with E-state index in [1.165, 1.54) is 11.3 Å². The lowest BCUT2D eigenvalue weighted by molar-refractivity contribution is -0.150. The van der Waals surface area contributed by atoms with Gasteiger partial charge in [-0.25, -0.2) is 4.98 Å². The van der Waals surface area contributed by atoms with Crippen LogP contribution < -0.4 is 0 Å². The summed E-state index contributed by atoms with van der Waals surface area (Å²) in [7, 11) is 0. The van der Waals surface area contributed by atoms with E-state index in [0.717, 1.165) is 10.6 Å². The summed E-state index contributed by atoms with van der Waals surface area (Å²) in [6.45, 7) is 4.32. The minimum Gasteiger partial charge on any atom is -0.481 e. The number of carbonyl (C=O) groups is 2. The van der Waals surface area contributed by atoms with E-state index in [4.69, 9.17) is 11.6 Å². The van der Waals surface area contributed by atoms with Gasteiger partial charge in [0.2, 0.25) is 0 Å². The number of halogens is 1. The predicted octanol–water partition coefficient (Wildman–Crippen LogP) is 4.10. The van der Waals surface area contributed by atoms with Gasteiger partial charge in [0.05, 0.1) is 11.1 Å². The molecule has 5 nitrogen and oxygen atoms in total. The maximum atomic E-state index is 12.9. The highest BCUT2D eigenvalue weighted by Crippen LogP contribution is 2.33. The van der Waals surface area contributed by atoms with Crippen LogP contribution in [0, 0.1) is 12.3 Å². The van der Waals surface area contributed by atoms with Gasteiger partial charge >= 0.3 is 5.97 Å². The number of carboxylic acid groups (broad SMARTS) is 1. The number of hydrogen-bond acceptors (Lipinski definition) is 4. The Morgan fingerprint density at radius 3 is 2.64 bits per heavy atom. The van der Waals surface area contributed by atoms with E-state index < -0.39 is 11.4 Å². The van der Waals surface area contributed by atoms with Crippen LogP contribution in [0.25, 0.3) is 10.6 Å². The van der Waals surface area contributed by atoms with Crippen molar-refractivity contribution in [2.75, 3.05) is 13.1 Å². The van der Waals surface area contributed by atoms with Crippen LogP contribution >= 0.6 is 22.9 Å². The van der Waals surface area contributed by atoms with Crippen molar-refractivity contribution in [3.8, 4) is 10.6 Å². The Hall–Kier alpha value is -1.92. The standard InChI is InChI=1S/C18H19ClN2O3S/c1-11-14(25-15(20-11)12-4-6-13(19)7-5-12)16(22)21-9-3-8-18(2,10-21)17(23)24/h4-7H,3,8-10H2,1-2H3,(H,23,24). The van der Waals surface area contributed by atoms with E-state index in [1.54, 1.807) is 24.0 Å². The number of carbonyl (C=O) groups excluding carboxylic acids is 1. The van der Waals surface area contributed by atoms with Gasteiger partial charge in [-0.05, 0) is 38.8 Å². The third kappa shape index (κ3) is 3.55. The van der Waals surface area contributed by atoms with Gasteiger partial charge in [-0.2, -0.15) is 0 Å². The largest absolute Gasteiger partial charge is 0.481 e. The van der Waals surface area contributed by atoms with E-state index in [9.17, 15) is 14.7 Å². The van der Waals surface area contributed by atoms with Crippen LogP contribution in [0.3, 0.4) is 0 Å². The summed E-state index contributed by atoms with van der Waals surface area (Å²) in [5, 5.41) is 10.8. The summed E-state index contributed by atoms with van der Waals surface area (Å²) in [5.41, 5.74) is 0.694. The van der Waals surface area contributed by atoms with Gasteiger partial charge in [-0.3, -0.25) is 9.59 Å². The van der Waals surface area contributed by atoms with E-state index in [-0.39, 0.29) is 12.5 Å². The van der Waals surface area contributed by atoms with Gasteiger partial charge in [0, 0.05) is 23.7 Å². The van der Waals surface area contributed by atoms with Gasteiger partial charge < -0.3 is 10.0 Å². The number of amides is 1. The van der Waals surface area contributed by atoms with Crippen molar-refractivity contribution in [3.05, 3.63) is 39.9 Å². The average Bonchev–Trinajstić information content (AvgIpc) is 2.96. The van der Waals surface area contributed by atoms with Crippen LogP contribution in [0.5, 0.6) is 0 Å². The highest BCUT2D eigenvalue weighted by Gasteiger charge is 2.40. The molecule has 1 amide bonds. The fraction of sp³-hybridized carbons (Fsp3) is 0.389. The Balaban J connectivity index is 1.85. The van der Waals surface area contributed by atoms with Crippen molar-refractivity contribution in [3.63, 3.8) is 0 Å². The zero-order valence-electron chi connectivity index (χ0n) is 14.1. The third-order valence-electron chi connectivity index (χ3n) is 4.58. The molecule has 1 aliphatic heterocycles. The SMILES string of the molecule is Cc1nc(-c2ccc(Cl)cc2)sc1C(=O)N1CCCC(C)(C(=O)O)C1. The van der Waals surface area contributed by atoms with Gasteiger partial charge in [0.1, 0.15) is 9.88 Å². The highest BCUT2D eigenvalue weighted by atomic mass is 35.5. The molecule has 1 aliphatic rings. The molecule has 1 N–H and O–H groups in total. The van der Waals surface area contributed by atoms with Gasteiger partial charge in [0.25, 0.3) is 5.91 Å². The zero-order chi connectivity index (χ0) is 18.2. The number of benzene rings is 1. The second kappa shape index (κ2) is 6.77. The Kier molecular flexibility index (Phi) is 4.84. The van der Waals surface area contributed by atoms with Crippen LogP contribution in [0.4, 0.5) is 0 Å². The molecule has 0 radical (unpaired) electrons. The van der Waals surface area contributed by atoms with Crippen molar-refractivity contribution >= 4 is 34.8 Å². The number of aryl methyl sites for hydroxylation is 1. The lowest BCUT2D eigenvalue weighted by Gasteiger charge is -2.37. The molecule has 25 heavy (non-hydrogen) atoms. The predicted molar refractivity (Wildman–Crippen MR) is 98.2 cm³/mol. The summed E-state index contributed by atoms with van der Waals surface area (Å²) < 4.78 is 0. The van der Waals surface area contributed by atoms with Gasteiger partial charge in [0.15, 0.2) is 0 Å². The summed E-state index contributed by atoms with van der Waals surface area (Å²) in [6, 6.07) is 7.32. The molecule has 0 bridgehead atoms. The number of aliphatic carboxylic acids is 1. The molecule has 132 valence electrons. The summed E-state index contributed by atoms with van der Waals surface area (Å²) in [5.74, 6) is -0.990. The van der Waals surface area contributed by atoms with E-state index in [2.05, 4.69) is 4.98 Å². The minimum atomic E-state index is -0.883. The average molecular weight is 379 g/mol. The molecule has 1 aromatic carbocycles. The number of likely N-dealkylation sites (tertiary alicyclic amines) is 1. The molecule has 0 saturated carbocycles. The molecule has 1 aromatic heterocycles. The molecular formula is C18H19ClN2O3S. The van der Waals surface area contributed by atoms with Crippen molar-refractivity contribution in [2.24, 2.45) is 5.41 Å². The molecule has 2 aromatic rings. The maximum absolute atomic E-state index is 12.9. The monoisotopic (exact) mass is 378 g/mol.